The summed E-state index contributed by atoms with van der Waals surface area (Å²) in [7, 11) is 0. The predicted octanol–water partition coefficient (Wildman–Crippen LogP) is 4.14. The van der Waals surface area contributed by atoms with Gasteiger partial charge in [-0.1, -0.05) is 13.0 Å². The van der Waals surface area contributed by atoms with E-state index in [4.69, 9.17) is 9.62 Å². The second-order valence-electron chi connectivity index (χ2n) is 4.32. The predicted molar refractivity (Wildman–Crippen MR) is 72.8 cm³/mol. The Labute approximate surface area is 129 Å². The standard InChI is InChI=1S/C15H12F3NO4/c1-2-14(20)23-22-12-9-10(15(16,17)18)6-7-11(12)21-13-5-3-4-8-19-13/h3-9H,2H2,1H3. The summed E-state index contributed by atoms with van der Waals surface area (Å²) in [6.45, 7) is 1.52. The Morgan fingerprint density at radius 1 is 1.17 bits per heavy atom. The number of rotatable bonds is 5. The number of aromatic nitrogens is 1. The monoisotopic (exact) mass is 327 g/mol. The van der Waals surface area contributed by atoms with E-state index in [-0.39, 0.29) is 23.8 Å². The highest BCUT2D eigenvalue weighted by atomic mass is 19.4. The number of carbonyl (C=O) groups excluding carboxylic acids is 1. The van der Waals surface area contributed by atoms with Crippen LogP contribution in [0.2, 0.25) is 0 Å². The Balaban J connectivity index is 2.30. The van der Waals surface area contributed by atoms with Crippen LogP contribution in [0.1, 0.15) is 18.9 Å². The number of hydrogen-bond acceptors (Lipinski definition) is 5. The summed E-state index contributed by atoms with van der Waals surface area (Å²) in [6, 6.07) is 7.38. The fourth-order valence-corrected chi connectivity index (χ4v) is 1.50. The molecule has 0 radical (unpaired) electrons. The minimum absolute atomic E-state index is 0.00932. The van der Waals surface area contributed by atoms with Gasteiger partial charge in [-0.2, -0.15) is 13.2 Å². The van der Waals surface area contributed by atoms with Gasteiger partial charge in [-0.3, -0.25) is 9.78 Å². The highest BCUT2D eigenvalue weighted by Gasteiger charge is 2.32. The minimum Gasteiger partial charge on any atom is -0.435 e. The van der Waals surface area contributed by atoms with Crippen molar-refractivity contribution in [1.29, 1.82) is 0 Å². The van der Waals surface area contributed by atoms with Crippen LogP contribution in [0.3, 0.4) is 0 Å². The van der Waals surface area contributed by atoms with Gasteiger partial charge >= 0.3 is 12.1 Å². The molecule has 1 aromatic carbocycles. The van der Waals surface area contributed by atoms with Gasteiger partial charge in [0.05, 0.1) is 5.56 Å². The molecule has 1 aromatic heterocycles. The van der Waals surface area contributed by atoms with E-state index in [1.165, 1.54) is 19.2 Å². The molecule has 2 aromatic rings. The molecule has 0 saturated heterocycles. The van der Waals surface area contributed by atoms with E-state index in [1.807, 2.05) is 0 Å². The quantitative estimate of drug-likeness (QED) is 0.610. The van der Waals surface area contributed by atoms with E-state index in [2.05, 4.69) is 9.87 Å². The van der Waals surface area contributed by atoms with Crippen molar-refractivity contribution in [1.82, 2.24) is 4.98 Å². The molecule has 0 saturated carbocycles. The second-order valence-corrected chi connectivity index (χ2v) is 4.32. The Bertz CT molecular complexity index is 674. The normalized spacial score (nSPS) is 11.0. The number of hydrogen-bond donors (Lipinski definition) is 0. The summed E-state index contributed by atoms with van der Waals surface area (Å²) in [6.07, 6.45) is -3.11. The van der Waals surface area contributed by atoms with Crippen LogP contribution in [0.15, 0.2) is 42.6 Å². The molecule has 0 N–H and O–H groups in total. The minimum atomic E-state index is -4.57. The van der Waals surface area contributed by atoms with Gasteiger partial charge < -0.3 is 4.74 Å². The molecule has 122 valence electrons. The molecule has 0 atom stereocenters. The maximum atomic E-state index is 12.8. The molecule has 2 rings (SSSR count). The Morgan fingerprint density at radius 3 is 2.57 bits per heavy atom. The van der Waals surface area contributed by atoms with Gasteiger partial charge in [-0.15, -0.1) is 0 Å². The lowest BCUT2D eigenvalue weighted by atomic mass is 10.2. The third-order valence-corrected chi connectivity index (χ3v) is 2.64. The van der Waals surface area contributed by atoms with Crippen LogP contribution >= 0.6 is 0 Å². The number of nitrogens with zero attached hydrogens (tertiary/aromatic N) is 1. The van der Waals surface area contributed by atoms with Gasteiger partial charge in [0.15, 0.2) is 5.75 Å². The van der Waals surface area contributed by atoms with Crippen molar-refractivity contribution >= 4 is 5.97 Å². The molecule has 23 heavy (non-hydrogen) atoms. The van der Waals surface area contributed by atoms with Crippen LogP contribution in [-0.4, -0.2) is 11.0 Å². The molecule has 0 bridgehead atoms. The SMILES string of the molecule is CCC(=O)OOc1cc(C(F)(F)F)ccc1Oc1ccccn1. The Hall–Kier alpha value is -2.77. The van der Waals surface area contributed by atoms with E-state index in [0.717, 1.165) is 12.1 Å². The van der Waals surface area contributed by atoms with E-state index >= 15 is 0 Å². The van der Waals surface area contributed by atoms with Crippen molar-refractivity contribution in [3.63, 3.8) is 0 Å². The van der Waals surface area contributed by atoms with Crippen molar-refractivity contribution in [3.8, 4) is 17.4 Å². The smallest absolute Gasteiger partial charge is 0.416 e. The van der Waals surface area contributed by atoms with Gasteiger partial charge in [0.1, 0.15) is 0 Å². The molecule has 1 heterocycles. The fraction of sp³-hybridized carbons (Fsp3) is 0.200. The third kappa shape index (κ3) is 4.60. The largest absolute Gasteiger partial charge is 0.435 e. The number of ether oxygens (including phenoxy) is 1. The Kier molecular flexibility index (Phi) is 5.05. The summed E-state index contributed by atoms with van der Waals surface area (Å²) >= 11 is 0. The molecular formula is C15H12F3NO4. The molecular weight excluding hydrogens is 315 g/mol. The van der Waals surface area contributed by atoms with Crippen LogP contribution in [-0.2, 0) is 15.9 Å². The van der Waals surface area contributed by atoms with Crippen molar-refractivity contribution in [2.45, 2.75) is 19.5 Å². The van der Waals surface area contributed by atoms with Crippen molar-refractivity contribution < 1.29 is 32.5 Å². The number of carbonyl (C=O) groups is 1. The van der Waals surface area contributed by atoms with Crippen molar-refractivity contribution in [2.24, 2.45) is 0 Å². The molecule has 0 fully saturated rings. The zero-order chi connectivity index (χ0) is 16.9. The summed E-state index contributed by atoms with van der Waals surface area (Å²) in [4.78, 5) is 24.1. The summed E-state index contributed by atoms with van der Waals surface area (Å²) in [5, 5.41) is 0. The molecule has 5 nitrogen and oxygen atoms in total. The topological polar surface area (TPSA) is 57.7 Å². The van der Waals surface area contributed by atoms with Crippen molar-refractivity contribution in [3.05, 3.63) is 48.2 Å². The first-order chi connectivity index (χ1) is 10.9. The van der Waals surface area contributed by atoms with Gasteiger partial charge in [-0.05, 0) is 18.2 Å². The first-order valence-electron chi connectivity index (χ1n) is 6.57. The molecule has 0 amide bonds. The second kappa shape index (κ2) is 6.99. The number of alkyl halides is 3. The molecule has 0 aliphatic heterocycles. The van der Waals surface area contributed by atoms with Crippen LogP contribution in [0.25, 0.3) is 0 Å². The summed E-state index contributed by atoms with van der Waals surface area (Å²) in [5.74, 6) is -1.03. The highest BCUT2D eigenvalue weighted by Crippen LogP contribution is 2.37. The summed E-state index contributed by atoms with van der Waals surface area (Å²) in [5.41, 5.74) is -0.964. The van der Waals surface area contributed by atoms with Gasteiger partial charge in [0.25, 0.3) is 0 Å². The maximum absolute atomic E-state index is 12.8. The van der Waals surface area contributed by atoms with Gasteiger partial charge in [-0.25, -0.2) is 9.78 Å². The van der Waals surface area contributed by atoms with E-state index < -0.39 is 17.7 Å². The van der Waals surface area contributed by atoms with Crippen LogP contribution in [0.4, 0.5) is 13.2 Å². The van der Waals surface area contributed by atoms with Crippen molar-refractivity contribution in [2.75, 3.05) is 0 Å². The lowest BCUT2D eigenvalue weighted by Gasteiger charge is -2.13. The number of halogens is 3. The van der Waals surface area contributed by atoms with E-state index in [0.29, 0.717) is 6.07 Å². The van der Waals surface area contributed by atoms with Crippen LogP contribution in [0, 0.1) is 0 Å². The zero-order valence-electron chi connectivity index (χ0n) is 12.0. The molecule has 0 spiro atoms. The third-order valence-electron chi connectivity index (χ3n) is 2.64. The van der Waals surface area contributed by atoms with Gasteiger partial charge in [0.2, 0.25) is 11.6 Å². The lowest BCUT2D eigenvalue weighted by molar-refractivity contribution is -0.213. The van der Waals surface area contributed by atoms with Crippen LogP contribution < -0.4 is 9.62 Å². The molecule has 0 aliphatic rings. The van der Waals surface area contributed by atoms with E-state index in [1.54, 1.807) is 12.1 Å². The fourth-order valence-electron chi connectivity index (χ4n) is 1.50. The average molecular weight is 327 g/mol. The highest BCUT2D eigenvalue weighted by molar-refractivity contribution is 5.68. The van der Waals surface area contributed by atoms with E-state index in [9.17, 15) is 18.0 Å². The number of benzene rings is 1. The molecule has 0 aliphatic carbocycles. The Morgan fingerprint density at radius 2 is 1.96 bits per heavy atom. The lowest BCUT2D eigenvalue weighted by Crippen LogP contribution is -2.09. The van der Waals surface area contributed by atoms with Gasteiger partial charge in [0, 0.05) is 24.8 Å². The van der Waals surface area contributed by atoms with Crippen LogP contribution in [0.5, 0.6) is 17.4 Å². The summed E-state index contributed by atoms with van der Waals surface area (Å²) < 4.78 is 43.7. The first-order valence-corrected chi connectivity index (χ1v) is 6.57. The maximum Gasteiger partial charge on any atom is 0.416 e. The first kappa shape index (κ1) is 16.6. The molecule has 8 heteroatoms. The zero-order valence-corrected chi connectivity index (χ0v) is 12.0. The average Bonchev–Trinajstić information content (AvgIpc) is 2.53. The molecule has 0 unspecified atom stereocenters. The number of pyridine rings is 1.